The zero-order chi connectivity index (χ0) is 11.0. The molecule has 3 fully saturated rings. The predicted molar refractivity (Wildman–Crippen MR) is 66.6 cm³/mol. The molecule has 90 valence electrons. The minimum absolute atomic E-state index is 0.264. The van der Waals surface area contributed by atoms with Crippen molar-refractivity contribution < 1.29 is 4.79 Å². The van der Waals surface area contributed by atoms with E-state index in [9.17, 15) is 4.79 Å². The van der Waals surface area contributed by atoms with Crippen LogP contribution in [-0.2, 0) is 4.79 Å². The number of rotatable bonds is 0. The highest BCUT2D eigenvalue weighted by molar-refractivity contribution is 7.99. The molecule has 3 nitrogen and oxygen atoms in total. The molecular weight excluding hydrogens is 220 g/mol. The van der Waals surface area contributed by atoms with Gasteiger partial charge in [-0.05, 0) is 38.0 Å². The van der Waals surface area contributed by atoms with E-state index in [1.807, 2.05) is 0 Å². The number of amides is 1. The molecule has 0 aromatic carbocycles. The van der Waals surface area contributed by atoms with Gasteiger partial charge in [-0.25, -0.2) is 0 Å². The molecule has 3 atom stereocenters. The van der Waals surface area contributed by atoms with Crippen molar-refractivity contribution >= 4 is 17.7 Å². The Bertz CT molecular complexity index is 289. The molecular formula is C12H20N2OS. The summed E-state index contributed by atoms with van der Waals surface area (Å²) in [5.41, 5.74) is 0.285. The van der Waals surface area contributed by atoms with Gasteiger partial charge in [0.15, 0.2) is 0 Å². The van der Waals surface area contributed by atoms with Crippen molar-refractivity contribution in [3.63, 3.8) is 0 Å². The maximum atomic E-state index is 11.9. The molecule has 0 aromatic rings. The van der Waals surface area contributed by atoms with Crippen molar-refractivity contribution in [1.82, 2.24) is 10.2 Å². The van der Waals surface area contributed by atoms with Crippen LogP contribution in [0.25, 0.3) is 0 Å². The Morgan fingerprint density at radius 1 is 1.44 bits per heavy atom. The molecule has 3 aliphatic heterocycles. The summed E-state index contributed by atoms with van der Waals surface area (Å²) >= 11 is 2.06. The van der Waals surface area contributed by atoms with Crippen LogP contribution in [0, 0.1) is 5.92 Å². The molecule has 0 aromatic heterocycles. The van der Waals surface area contributed by atoms with Gasteiger partial charge < -0.3 is 5.32 Å². The lowest BCUT2D eigenvalue weighted by molar-refractivity contribution is -0.125. The minimum atomic E-state index is 0.264. The number of nitrogens with zero attached hydrogens (tertiary/aromatic N) is 1. The highest BCUT2D eigenvalue weighted by Crippen LogP contribution is 2.36. The number of nitrogens with one attached hydrogen (secondary N) is 1. The second-order valence-corrected chi connectivity index (χ2v) is 6.49. The fraction of sp³-hybridized carbons (Fsp3) is 0.917. The van der Waals surface area contributed by atoms with Crippen molar-refractivity contribution in [1.29, 1.82) is 0 Å². The Morgan fingerprint density at radius 3 is 3.19 bits per heavy atom. The fourth-order valence-electron chi connectivity index (χ4n) is 3.36. The molecule has 3 aliphatic rings. The Kier molecular flexibility index (Phi) is 2.88. The largest absolute Gasteiger partial charge is 0.354 e. The first-order chi connectivity index (χ1) is 7.80. The number of hydrogen-bond acceptors (Lipinski definition) is 3. The fourth-order valence-corrected chi connectivity index (χ4v) is 4.66. The number of carbonyl (C=O) groups is 1. The van der Waals surface area contributed by atoms with Crippen LogP contribution in [0.4, 0.5) is 0 Å². The van der Waals surface area contributed by atoms with Gasteiger partial charge >= 0.3 is 0 Å². The lowest BCUT2D eigenvalue weighted by atomic mass is 9.89. The van der Waals surface area contributed by atoms with Gasteiger partial charge in [0.2, 0.25) is 5.91 Å². The van der Waals surface area contributed by atoms with E-state index in [2.05, 4.69) is 22.0 Å². The third-order valence-electron chi connectivity index (χ3n) is 4.36. The third-order valence-corrected chi connectivity index (χ3v) is 5.68. The maximum Gasteiger partial charge on any atom is 0.224 e. The molecule has 2 bridgehead atoms. The van der Waals surface area contributed by atoms with Crippen LogP contribution < -0.4 is 5.32 Å². The van der Waals surface area contributed by atoms with Crippen molar-refractivity contribution in [3.8, 4) is 0 Å². The van der Waals surface area contributed by atoms with Gasteiger partial charge in [0.25, 0.3) is 0 Å². The summed E-state index contributed by atoms with van der Waals surface area (Å²) in [5.74, 6) is 3.07. The molecule has 1 amide bonds. The monoisotopic (exact) mass is 240 g/mol. The number of carbonyl (C=O) groups excluding carboxylic acids is 1. The lowest BCUT2D eigenvalue weighted by Crippen LogP contribution is -2.57. The molecule has 1 spiro atoms. The van der Waals surface area contributed by atoms with Crippen LogP contribution in [-0.4, -0.2) is 47.5 Å². The second kappa shape index (κ2) is 4.22. The molecule has 16 heavy (non-hydrogen) atoms. The van der Waals surface area contributed by atoms with Crippen LogP contribution in [0.3, 0.4) is 0 Å². The van der Waals surface area contributed by atoms with Crippen LogP contribution in [0.1, 0.15) is 25.7 Å². The predicted octanol–water partition coefficient (Wildman–Crippen LogP) is 1.09. The minimum Gasteiger partial charge on any atom is -0.354 e. The summed E-state index contributed by atoms with van der Waals surface area (Å²) in [4.78, 5) is 14.5. The van der Waals surface area contributed by atoms with Gasteiger partial charge in [-0.2, -0.15) is 11.8 Å². The topological polar surface area (TPSA) is 32.3 Å². The zero-order valence-corrected chi connectivity index (χ0v) is 10.5. The van der Waals surface area contributed by atoms with E-state index in [1.54, 1.807) is 0 Å². The molecule has 3 saturated heterocycles. The van der Waals surface area contributed by atoms with Crippen LogP contribution in [0.15, 0.2) is 0 Å². The van der Waals surface area contributed by atoms with Crippen LogP contribution >= 0.6 is 11.8 Å². The Hall–Kier alpha value is -0.220. The highest BCUT2D eigenvalue weighted by atomic mass is 32.2. The van der Waals surface area contributed by atoms with E-state index in [-0.39, 0.29) is 11.5 Å². The molecule has 4 heteroatoms. The summed E-state index contributed by atoms with van der Waals surface area (Å²) in [6.45, 7) is 3.09. The SMILES string of the molecule is O=C1NCC2(CCCSC2)N2CCCC1C2. The number of thioether (sulfide) groups is 1. The molecule has 3 rings (SSSR count). The summed E-state index contributed by atoms with van der Waals surface area (Å²) in [7, 11) is 0. The van der Waals surface area contributed by atoms with E-state index in [1.165, 1.54) is 37.3 Å². The smallest absolute Gasteiger partial charge is 0.224 e. The summed E-state index contributed by atoms with van der Waals surface area (Å²) < 4.78 is 0. The van der Waals surface area contributed by atoms with E-state index in [0.717, 1.165) is 19.5 Å². The Morgan fingerprint density at radius 2 is 2.38 bits per heavy atom. The third kappa shape index (κ3) is 1.76. The van der Waals surface area contributed by atoms with Gasteiger partial charge in [-0.1, -0.05) is 0 Å². The maximum absolute atomic E-state index is 11.9. The van der Waals surface area contributed by atoms with E-state index < -0.39 is 0 Å². The number of piperidine rings is 1. The first kappa shape index (κ1) is 10.9. The van der Waals surface area contributed by atoms with Gasteiger partial charge in [0.05, 0.1) is 5.92 Å². The average Bonchev–Trinajstić information content (AvgIpc) is 2.44. The zero-order valence-electron chi connectivity index (χ0n) is 9.71. The molecule has 3 heterocycles. The van der Waals surface area contributed by atoms with Crippen molar-refractivity contribution in [2.75, 3.05) is 31.1 Å². The molecule has 3 unspecified atom stereocenters. The van der Waals surface area contributed by atoms with Gasteiger partial charge in [-0.15, -0.1) is 0 Å². The second-order valence-electron chi connectivity index (χ2n) is 5.38. The van der Waals surface area contributed by atoms with Crippen molar-refractivity contribution in [3.05, 3.63) is 0 Å². The van der Waals surface area contributed by atoms with E-state index >= 15 is 0 Å². The highest BCUT2D eigenvalue weighted by Gasteiger charge is 2.44. The van der Waals surface area contributed by atoms with Gasteiger partial charge in [0.1, 0.15) is 0 Å². The first-order valence-electron chi connectivity index (χ1n) is 6.41. The summed E-state index contributed by atoms with van der Waals surface area (Å²) in [6.07, 6.45) is 4.87. The van der Waals surface area contributed by atoms with Crippen LogP contribution in [0.5, 0.6) is 0 Å². The Labute approximate surface area is 101 Å². The number of fused-ring (bicyclic) bond motifs is 3. The normalized spacial score (nSPS) is 43.9. The standard InChI is InChI=1S/C12H20N2OS/c15-11-10-3-1-5-14(7-10)12(8-13-11)4-2-6-16-9-12/h10H,1-9H2,(H,13,15). The quantitative estimate of drug-likeness (QED) is 0.688. The van der Waals surface area contributed by atoms with E-state index in [0.29, 0.717) is 5.91 Å². The Balaban J connectivity index is 1.85. The van der Waals surface area contributed by atoms with Crippen LogP contribution in [0.2, 0.25) is 0 Å². The molecule has 0 saturated carbocycles. The lowest BCUT2D eigenvalue weighted by Gasteiger charge is -2.46. The molecule has 1 N–H and O–H groups in total. The van der Waals surface area contributed by atoms with E-state index in [4.69, 9.17) is 0 Å². The molecule has 0 radical (unpaired) electrons. The van der Waals surface area contributed by atoms with Gasteiger partial charge in [0, 0.05) is 24.4 Å². The summed E-state index contributed by atoms with van der Waals surface area (Å²) in [6, 6.07) is 0. The first-order valence-corrected chi connectivity index (χ1v) is 7.56. The van der Waals surface area contributed by atoms with Crippen molar-refractivity contribution in [2.24, 2.45) is 5.92 Å². The molecule has 0 aliphatic carbocycles. The average molecular weight is 240 g/mol. The number of hydrogen-bond donors (Lipinski definition) is 1. The van der Waals surface area contributed by atoms with Gasteiger partial charge in [-0.3, -0.25) is 9.69 Å². The summed E-state index contributed by atoms with van der Waals surface area (Å²) in [5, 5.41) is 3.18. The van der Waals surface area contributed by atoms with Crippen molar-refractivity contribution in [2.45, 2.75) is 31.2 Å².